The molecular formula is C22H22N2O2. The van der Waals surface area contributed by atoms with Crippen molar-refractivity contribution in [2.24, 2.45) is 4.99 Å². The molecule has 4 heteroatoms. The van der Waals surface area contributed by atoms with Gasteiger partial charge in [-0.15, -0.1) is 0 Å². The third-order valence-electron chi connectivity index (χ3n) is 3.70. The van der Waals surface area contributed by atoms with E-state index in [0.29, 0.717) is 12.2 Å². The number of carbonyl (C=O) groups excluding carboxylic acids is 1. The zero-order valence-electron chi connectivity index (χ0n) is 14.9. The summed E-state index contributed by atoms with van der Waals surface area (Å²) in [4.78, 5) is 16.0. The number of hydrogen-bond donors (Lipinski definition) is 0. The summed E-state index contributed by atoms with van der Waals surface area (Å²) in [5, 5.41) is 8.79. The van der Waals surface area contributed by atoms with Gasteiger partial charge >= 0.3 is 5.97 Å². The first-order valence-corrected chi connectivity index (χ1v) is 8.70. The second kappa shape index (κ2) is 10.6. The first-order valence-electron chi connectivity index (χ1n) is 8.70. The maximum Gasteiger partial charge on any atom is 0.330 e. The zero-order valence-corrected chi connectivity index (χ0v) is 14.9. The van der Waals surface area contributed by atoms with Crippen molar-refractivity contribution in [3.05, 3.63) is 71.3 Å². The largest absolute Gasteiger partial charge is 0.463 e. The summed E-state index contributed by atoms with van der Waals surface area (Å²) in [5.74, 6) is -0.316. The van der Waals surface area contributed by atoms with Gasteiger partial charge in [-0.2, -0.15) is 5.26 Å². The van der Waals surface area contributed by atoms with E-state index in [1.54, 1.807) is 24.4 Å². The Morgan fingerprint density at radius 2 is 1.77 bits per heavy atom. The Balaban J connectivity index is 1.87. The average Bonchev–Trinajstić information content (AvgIpc) is 2.69. The molecule has 0 saturated heterocycles. The highest BCUT2D eigenvalue weighted by Gasteiger charge is 1.97. The van der Waals surface area contributed by atoms with Gasteiger partial charge in [-0.25, -0.2) is 4.79 Å². The Kier molecular flexibility index (Phi) is 7.82. The minimum Gasteiger partial charge on any atom is -0.463 e. The lowest BCUT2D eigenvalue weighted by Gasteiger charge is -2.00. The lowest BCUT2D eigenvalue weighted by atomic mass is 10.1. The van der Waals surface area contributed by atoms with E-state index in [9.17, 15) is 4.79 Å². The van der Waals surface area contributed by atoms with Gasteiger partial charge in [-0.1, -0.05) is 44.0 Å². The summed E-state index contributed by atoms with van der Waals surface area (Å²) in [6.07, 6.45) is 8.01. The topological polar surface area (TPSA) is 62.4 Å². The van der Waals surface area contributed by atoms with Gasteiger partial charge in [0.05, 0.1) is 23.9 Å². The van der Waals surface area contributed by atoms with Crippen LogP contribution in [0.1, 0.15) is 42.9 Å². The molecule has 0 atom stereocenters. The van der Waals surface area contributed by atoms with E-state index in [1.165, 1.54) is 6.08 Å². The van der Waals surface area contributed by atoms with E-state index >= 15 is 0 Å². The predicted molar refractivity (Wildman–Crippen MR) is 104 cm³/mol. The van der Waals surface area contributed by atoms with Crippen LogP contribution in [0, 0.1) is 11.3 Å². The molecule has 26 heavy (non-hydrogen) atoms. The molecule has 0 radical (unpaired) electrons. The fourth-order valence-electron chi connectivity index (χ4n) is 2.20. The van der Waals surface area contributed by atoms with Crippen molar-refractivity contribution in [1.82, 2.24) is 0 Å². The molecule has 0 unspecified atom stereocenters. The number of rotatable bonds is 8. The summed E-state index contributed by atoms with van der Waals surface area (Å²) in [6.45, 7) is 2.58. The Morgan fingerprint density at radius 1 is 1.08 bits per heavy atom. The summed E-state index contributed by atoms with van der Waals surface area (Å²) in [6, 6.07) is 16.9. The number of esters is 1. The molecule has 0 amide bonds. The number of nitriles is 1. The Hall–Kier alpha value is -3.19. The molecule has 0 spiro atoms. The molecule has 0 saturated carbocycles. The van der Waals surface area contributed by atoms with Gasteiger partial charge in [0.2, 0.25) is 0 Å². The van der Waals surface area contributed by atoms with Gasteiger partial charge in [0.15, 0.2) is 0 Å². The lowest BCUT2D eigenvalue weighted by Crippen LogP contribution is -2.01. The van der Waals surface area contributed by atoms with Gasteiger partial charge in [0, 0.05) is 12.3 Å². The normalized spacial score (nSPS) is 10.9. The van der Waals surface area contributed by atoms with Gasteiger partial charge in [-0.3, -0.25) is 4.99 Å². The fraction of sp³-hybridized carbons (Fsp3) is 0.227. The zero-order chi connectivity index (χ0) is 18.6. The summed E-state index contributed by atoms with van der Waals surface area (Å²) >= 11 is 0. The Morgan fingerprint density at radius 3 is 2.42 bits per heavy atom. The molecule has 4 nitrogen and oxygen atoms in total. The molecule has 0 heterocycles. The number of nitrogens with zero attached hydrogens (tertiary/aromatic N) is 2. The molecule has 2 aromatic carbocycles. The molecule has 2 aromatic rings. The number of ether oxygens (including phenoxy) is 1. The Bertz CT molecular complexity index is 798. The van der Waals surface area contributed by atoms with Crippen molar-refractivity contribution in [2.75, 3.05) is 6.61 Å². The van der Waals surface area contributed by atoms with E-state index < -0.39 is 0 Å². The predicted octanol–water partition coefficient (Wildman–Crippen LogP) is 5.06. The average molecular weight is 346 g/mol. The van der Waals surface area contributed by atoms with Gasteiger partial charge < -0.3 is 4.74 Å². The van der Waals surface area contributed by atoms with Crippen LogP contribution < -0.4 is 0 Å². The summed E-state index contributed by atoms with van der Waals surface area (Å²) in [5.41, 5.74) is 3.28. The van der Waals surface area contributed by atoms with Crippen molar-refractivity contribution in [3.63, 3.8) is 0 Å². The van der Waals surface area contributed by atoms with Gasteiger partial charge in [0.1, 0.15) is 0 Å². The molecule has 0 aliphatic carbocycles. The molecule has 0 aliphatic heterocycles. The third-order valence-corrected chi connectivity index (χ3v) is 3.70. The van der Waals surface area contributed by atoms with E-state index in [-0.39, 0.29) is 5.97 Å². The van der Waals surface area contributed by atoms with Crippen LogP contribution in [-0.2, 0) is 9.53 Å². The SMILES string of the molecule is CCCCCOC(=O)/C=C/c1ccc(N=Cc2ccc(C#N)cc2)cc1. The maximum absolute atomic E-state index is 11.6. The number of benzene rings is 2. The number of hydrogen-bond acceptors (Lipinski definition) is 4. The molecule has 132 valence electrons. The molecule has 0 bridgehead atoms. The molecular weight excluding hydrogens is 324 g/mol. The summed E-state index contributed by atoms with van der Waals surface area (Å²) in [7, 11) is 0. The van der Waals surface area contributed by atoms with Crippen LogP contribution in [0.25, 0.3) is 6.08 Å². The minimum absolute atomic E-state index is 0.316. The summed E-state index contributed by atoms with van der Waals surface area (Å²) < 4.78 is 5.12. The van der Waals surface area contributed by atoms with E-state index in [0.717, 1.165) is 36.1 Å². The highest BCUT2D eigenvalue weighted by Crippen LogP contribution is 2.14. The number of unbranched alkanes of at least 4 members (excludes halogenated alkanes) is 2. The van der Waals surface area contributed by atoms with Crippen LogP contribution in [0.4, 0.5) is 5.69 Å². The second-order valence-corrected chi connectivity index (χ2v) is 5.79. The maximum atomic E-state index is 11.6. The first kappa shape index (κ1) is 19.1. The van der Waals surface area contributed by atoms with Gasteiger partial charge in [-0.05, 0) is 47.9 Å². The van der Waals surface area contributed by atoms with Crippen molar-refractivity contribution in [2.45, 2.75) is 26.2 Å². The molecule has 0 aromatic heterocycles. The monoisotopic (exact) mass is 346 g/mol. The molecule has 0 N–H and O–H groups in total. The first-order chi connectivity index (χ1) is 12.7. The Labute approximate surface area is 154 Å². The van der Waals surface area contributed by atoms with Crippen molar-refractivity contribution in [1.29, 1.82) is 5.26 Å². The van der Waals surface area contributed by atoms with Crippen LogP contribution >= 0.6 is 0 Å². The molecule has 2 rings (SSSR count). The number of aliphatic imine (C=N–C) groups is 1. The second-order valence-electron chi connectivity index (χ2n) is 5.79. The number of carbonyl (C=O) groups is 1. The highest BCUT2D eigenvalue weighted by atomic mass is 16.5. The smallest absolute Gasteiger partial charge is 0.330 e. The molecule has 0 fully saturated rings. The highest BCUT2D eigenvalue weighted by molar-refractivity contribution is 5.87. The lowest BCUT2D eigenvalue weighted by molar-refractivity contribution is -0.137. The van der Waals surface area contributed by atoms with Crippen LogP contribution in [0.2, 0.25) is 0 Å². The van der Waals surface area contributed by atoms with Crippen molar-refractivity contribution >= 4 is 23.9 Å². The van der Waals surface area contributed by atoms with Crippen molar-refractivity contribution < 1.29 is 9.53 Å². The standard InChI is InChI=1S/C22H22N2O2/c1-2-3-4-15-26-22(25)14-11-18-9-12-21(13-10-18)24-17-20-7-5-19(16-23)6-8-20/h5-14,17H,2-4,15H2,1H3/b14-11+,24-17?. The van der Waals surface area contributed by atoms with Crippen LogP contribution in [0.15, 0.2) is 59.6 Å². The van der Waals surface area contributed by atoms with Crippen LogP contribution in [0.3, 0.4) is 0 Å². The minimum atomic E-state index is -0.316. The van der Waals surface area contributed by atoms with E-state index in [4.69, 9.17) is 10.00 Å². The third kappa shape index (κ3) is 6.74. The molecule has 0 aliphatic rings. The van der Waals surface area contributed by atoms with Crippen LogP contribution in [0.5, 0.6) is 0 Å². The van der Waals surface area contributed by atoms with Gasteiger partial charge in [0.25, 0.3) is 0 Å². The van der Waals surface area contributed by atoms with E-state index in [2.05, 4.69) is 18.0 Å². The quantitative estimate of drug-likeness (QED) is 0.291. The van der Waals surface area contributed by atoms with Crippen LogP contribution in [-0.4, -0.2) is 18.8 Å². The van der Waals surface area contributed by atoms with E-state index in [1.807, 2.05) is 36.4 Å². The fourth-order valence-corrected chi connectivity index (χ4v) is 2.20. The van der Waals surface area contributed by atoms with Crippen molar-refractivity contribution in [3.8, 4) is 6.07 Å².